The van der Waals surface area contributed by atoms with Crippen LogP contribution in [0.15, 0.2) is 28.9 Å². The monoisotopic (exact) mass is 485 g/mol. The predicted octanol–water partition coefficient (Wildman–Crippen LogP) is 5.28. The third-order valence-corrected chi connectivity index (χ3v) is 7.81. The van der Waals surface area contributed by atoms with Gasteiger partial charge in [-0.1, -0.05) is 15.9 Å². The number of methoxy groups -OCH3 is 1. The third kappa shape index (κ3) is 4.81. The Kier molecular flexibility index (Phi) is 6.31. The molecule has 3 aliphatic rings. The van der Waals surface area contributed by atoms with Crippen LogP contribution in [0.2, 0.25) is 0 Å². The van der Waals surface area contributed by atoms with Crippen molar-refractivity contribution in [3.05, 3.63) is 34.4 Å². The van der Waals surface area contributed by atoms with Crippen molar-refractivity contribution in [1.82, 2.24) is 9.88 Å². The summed E-state index contributed by atoms with van der Waals surface area (Å²) in [6, 6.07) is 6.55. The molecule has 5 rings (SSSR count). The maximum atomic E-state index is 13.0. The average Bonchev–Trinajstić information content (AvgIpc) is 3.54. The third-order valence-electron chi connectivity index (χ3n) is 7.32. The van der Waals surface area contributed by atoms with Crippen molar-refractivity contribution in [3.8, 4) is 0 Å². The second-order valence-corrected chi connectivity index (χ2v) is 10.5. The number of aromatic nitrogens is 1. The lowest BCUT2D eigenvalue weighted by Gasteiger charge is -2.32. The molecule has 1 atom stereocenters. The van der Waals surface area contributed by atoms with Gasteiger partial charge in [-0.25, -0.2) is 0 Å². The highest BCUT2D eigenvalue weighted by molar-refractivity contribution is 9.10. The molecule has 3 fully saturated rings. The molecule has 0 amide bonds. The van der Waals surface area contributed by atoms with E-state index in [4.69, 9.17) is 4.74 Å². The molecule has 1 N–H and O–H groups in total. The number of nitrogens with zero attached hydrogens (tertiary/aromatic N) is 2. The molecule has 1 aliphatic heterocycles. The molecule has 31 heavy (non-hydrogen) atoms. The summed E-state index contributed by atoms with van der Waals surface area (Å²) in [5.41, 5.74) is 2.71. The fraction of sp³-hybridized carbons (Fsp3) is 0.600. The number of hydrogen-bond acceptors (Lipinski definition) is 5. The van der Waals surface area contributed by atoms with E-state index >= 15 is 0 Å². The smallest absolute Gasteiger partial charge is 0.169 e. The van der Waals surface area contributed by atoms with Gasteiger partial charge >= 0.3 is 0 Å². The van der Waals surface area contributed by atoms with Crippen molar-refractivity contribution >= 4 is 38.3 Å². The molecular formula is C25H32BrN3O2. The van der Waals surface area contributed by atoms with E-state index in [2.05, 4.69) is 37.2 Å². The molecule has 1 aromatic heterocycles. The lowest BCUT2D eigenvalue weighted by atomic mass is 9.85. The lowest BCUT2D eigenvalue weighted by Crippen LogP contribution is -2.34. The minimum Gasteiger partial charge on any atom is -0.381 e. The number of nitrogens with one attached hydrogen (secondary N) is 1. The van der Waals surface area contributed by atoms with Gasteiger partial charge in [0, 0.05) is 54.8 Å². The highest BCUT2D eigenvalue weighted by Gasteiger charge is 2.33. The first-order chi connectivity index (χ1) is 15.1. The minimum atomic E-state index is 0.194. The van der Waals surface area contributed by atoms with Crippen molar-refractivity contribution < 1.29 is 9.53 Å². The van der Waals surface area contributed by atoms with Crippen molar-refractivity contribution in [3.63, 3.8) is 0 Å². The average molecular weight is 486 g/mol. The van der Waals surface area contributed by atoms with Crippen LogP contribution >= 0.6 is 15.9 Å². The maximum Gasteiger partial charge on any atom is 0.169 e. The quantitative estimate of drug-likeness (QED) is 0.540. The number of halogens is 1. The van der Waals surface area contributed by atoms with Gasteiger partial charge in [0.05, 0.1) is 22.9 Å². The van der Waals surface area contributed by atoms with E-state index in [0.29, 0.717) is 12.1 Å². The molecule has 6 heteroatoms. The number of ether oxygens (including phenoxy) is 1. The SMILES string of the molecule is COC1CCN(C[C@H]2CC[C@H](Nc3c(C(=O)C4CC4)cnc4ccc(Br)cc34)CC2)C1. The van der Waals surface area contributed by atoms with Gasteiger partial charge in [-0.15, -0.1) is 0 Å². The fourth-order valence-corrected chi connectivity index (χ4v) is 5.65. The largest absolute Gasteiger partial charge is 0.381 e. The van der Waals surface area contributed by atoms with E-state index in [-0.39, 0.29) is 11.7 Å². The molecule has 0 radical (unpaired) electrons. The van der Waals surface area contributed by atoms with Gasteiger partial charge in [-0.05, 0) is 69.1 Å². The Hall–Kier alpha value is -1.50. The molecule has 1 unspecified atom stereocenters. The van der Waals surface area contributed by atoms with Crippen molar-refractivity contribution in [2.45, 2.75) is 57.1 Å². The zero-order chi connectivity index (χ0) is 21.4. The zero-order valence-electron chi connectivity index (χ0n) is 18.3. The van der Waals surface area contributed by atoms with E-state index in [1.54, 1.807) is 6.20 Å². The van der Waals surface area contributed by atoms with Crippen LogP contribution in [0.1, 0.15) is 55.3 Å². The van der Waals surface area contributed by atoms with E-state index in [0.717, 1.165) is 71.2 Å². The number of pyridine rings is 1. The van der Waals surface area contributed by atoms with Gasteiger partial charge in [-0.3, -0.25) is 9.78 Å². The van der Waals surface area contributed by atoms with E-state index in [9.17, 15) is 4.79 Å². The predicted molar refractivity (Wildman–Crippen MR) is 128 cm³/mol. The Morgan fingerprint density at radius 3 is 2.71 bits per heavy atom. The molecule has 2 heterocycles. The lowest BCUT2D eigenvalue weighted by molar-refractivity contribution is 0.0968. The molecule has 2 saturated carbocycles. The molecule has 2 aromatic rings. The van der Waals surface area contributed by atoms with Crippen LogP contribution in [0.25, 0.3) is 10.9 Å². The number of ketones is 1. The number of carbonyl (C=O) groups excluding carboxylic acids is 1. The van der Waals surface area contributed by atoms with Crippen LogP contribution in [0.5, 0.6) is 0 Å². The normalized spacial score (nSPS) is 27.0. The summed E-state index contributed by atoms with van der Waals surface area (Å²) in [5.74, 6) is 1.22. The highest BCUT2D eigenvalue weighted by Crippen LogP contribution is 2.38. The minimum absolute atomic E-state index is 0.194. The second kappa shape index (κ2) is 9.16. The molecule has 0 bridgehead atoms. The van der Waals surface area contributed by atoms with E-state index < -0.39 is 0 Å². The maximum absolute atomic E-state index is 13.0. The Morgan fingerprint density at radius 1 is 1.19 bits per heavy atom. The van der Waals surface area contributed by atoms with Crippen molar-refractivity contribution in [1.29, 1.82) is 0 Å². The summed E-state index contributed by atoms with van der Waals surface area (Å²) in [4.78, 5) is 20.2. The molecular weight excluding hydrogens is 454 g/mol. The summed E-state index contributed by atoms with van der Waals surface area (Å²) in [6.45, 7) is 3.45. The van der Waals surface area contributed by atoms with Gasteiger partial charge < -0.3 is 15.0 Å². The molecule has 1 aromatic carbocycles. The standard InChI is InChI=1S/C25H32BrN3O2/c1-31-20-10-11-29(15-20)14-16-2-7-19(8-3-16)28-24-21-12-18(26)6-9-23(21)27-13-22(24)25(30)17-4-5-17/h6,9,12-13,16-17,19-20H,2-5,7-8,10-11,14-15H2,1H3,(H,27,28)/t16-,19-,20?. The molecule has 166 valence electrons. The fourth-order valence-electron chi connectivity index (χ4n) is 5.29. The number of benzene rings is 1. The Bertz CT molecular complexity index is 953. The van der Waals surface area contributed by atoms with Gasteiger partial charge in [-0.2, -0.15) is 0 Å². The first kappa shape index (κ1) is 21.4. The first-order valence-electron chi connectivity index (χ1n) is 11.7. The van der Waals surface area contributed by atoms with Crippen LogP contribution in [-0.4, -0.2) is 54.6 Å². The molecule has 5 nitrogen and oxygen atoms in total. The van der Waals surface area contributed by atoms with Crippen LogP contribution in [0.4, 0.5) is 5.69 Å². The number of anilines is 1. The Labute approximate surface area is 193 Å². The number of hydrogen-bond donors (Lipinski definition) is 1. The molecule has 0 spiro atoms. The topological polar surface area (TPSA) is 54.5 Å². The van der Waals surface area contributed by atoms with Crippen LogP contribution in [0, 0.1) is 11.8 Å². The van der Waals surface area contributed by atoms with Crippen LogP contribution < -0.4 is 5.32 Å². The summed E-state index contributed by atoms with van der Waals surface area (Å²) in [5, 5.41) is 4.85. The summed E-state index contributed by atoms with van der Waals surface area (Å²) in [7, 11) is 1.83. The summed E-state index contributed by atoms with van der Waals surface area (Å²) >= 11 is 3.60. The highest BCUT2D eigenvalue weighted by atomic mass is 79.9. The van der Waals surface area contributed by atoms with Crippen molar-refractivity contribution in [2.75, 3.05) is 32.1 Å². The van der Waals surface area contributed by atoms with Crippen molar-refractivity contribution in [2.24, 2.45) is 11.8 Å². The van der Waals surface area contributed by atoms with E-state index in [1.165, 1.54) is 25.9 Å². The van der Waals surface area contributed by atoms with Gasteiger partial charge in [0.2, 0.25) is 0 Å². The summed E-state index contributed by atoms with van der Waals surface area (Å²) < 4.78 is 6.54. The Morgan fingerprint density at radius 2 is 2.00 bits per heavy atom. The number of carbonyl (C=O) groups is 1. The number of rotatable bonds is 7. The molecule has 1 saturated heterocycles. The van der Waals surface area contributed by atoms with Gasteiger partial charge in [0.25, 0.3) is 0 Å². The zero-order valence-corrected chi connectivity index (χ0v) is 19.9. The van der Waals surface area contributed by atoms with Gasteiger partial charge in [0.15, 0.2) is 5.78 Å². The van der Waals surface area contributed by atoms with Crippen LogP contribution in [-0.2, 0) is 4.74 Å². The number of fused-ring (bicyclic) bond motifs is 1. The number of Topliss-reactive ketones (excluding diaryl/α,β-unsaturated/α-hetero) is 1. The summed E-state index contributed by atoms with van der Waals surface area (Å²) in [6.07, 6.45) is 10.2. The number of likely N-dealkylation sites (tertiary alicyclic amines) is 1. The molecule has 2 aliphatic carbocycles. The van der Waals surface area contributed by atoms with Crippen LogP contribution in [0.3, 0.4) is 0 Å². The Balaban J connectivity index is 1.28. The van der Waals surface area contributed by atoms with Gasteiger partial charge in [0.1, 0.15) is 0 Å². The van der Waals surface area contributed by atoms with E-state index in [1.807, 2.05) is 19.2 Å². The first-order valence-corrected chi connectivity index (χ1v) is 12.5. The second-order valence-electron chi connectivity index (χ2n) is 9.61.